The summed E-state index contributed by atoms with van der Waals surface area (Å²) in [5.41, 5.74) is 2.79. The van der Waals surface area contributed by atoms with Crippen LogP contribution in [-0.2, 0) is 16.1 Å². The predicted molar refractivity (Wildman–Crippen MR) is 81.1 cm³/mol. The molecule has 1 aromatic heterocycles. The van der Waals surface area contributed by atoms with Crippen molar-refractivity contribution in [2.24, 2.45) is 0 Å². The third-order valence-corrected chi connectivity index (χ3v) is 3.52. The van der Waals surface area contributed by atoms with Gasteiger partial charge in [0.25, 0.3) is 0 Å². The van der Waals surface area contributed by atoms with Gasteiger partial charge in [0.05, 0.1) is 6.54 Å². The number of hydrogen-bond donors (Lipinski definition) is 2. The Morgan fingerprint density at radius 1 is 1.30 bits per heavy atom. The molecule has 6 heteroatoms. The first-order valence-corrected chi connectivity index (χ1v) is 7.09. The van der Waals surface area contributed by atoms with Crippen LogP contribution in [-0.4, -0.2) is 24.6 Å². The number of nitrogens with zero attached hydrogens (tertiary/aromatic N) is 1. The normalized spacial score (nSPS) is 10.3. The summed E-state index contributed by atoms with van der Waals surface area (Å²) in [5.74, 6) is -0.161. The van der Waals surface area contributed by atoms with Crippen molar-refractivity contribution in [3.8, 4) is 0 Å². The number of nitrogens with one attached hydrogen (secondary N) is 2. The fraction of sp³-hybridized carbons (Fsp3) is 0.286. The maximum atomic E-state index is 11.4. The maximum Gasteiger partial charge on any atom is 0.250 e. The van der Waals surface area contributed by atoms with Crippen molar-refractivity contribution < 1.29 is 9.53 Å². The first kappa shape index (κ1) is 14.5. The first-order valence-electron chi connectivity index (χ1n) is 6.21. The van der Waals surface area contributed by atoms with Crippen molar-refractivity contribution in [2.75, 3.05) is 24.4 Å². The van der Waals surface area contributed by atoms with E-state index in [9.17, 15) is 4.79 Å². The van der Waals surface area contributed by atoms with Gasteiger partial charge in [-0.15, -0.1) is 11.3 Å². The number of hydrogen-bond acceptors (Lipinski definition) is 5. The number of methoxy groups -OCH3 is 1. The molecule has 0 saturated heterocycles. The Bertz CT molecular complexity index is 566. The van der Waals surface area contributed by atoms with E-state index < -0.39 is 0 Å². The molecule has 1 aromatic carbocycles. The number of amides is 1. The molecule has 0 saturated carbocycles. The number of benzene rings is 1. The van der Waals surface area contributed by atoms with Gasteiger partial charge in [0.1, 0.15) is 11.6 Å². The lowest BCUT2D eigenvalue weighted by Gasteiger charge is -2.07. The van der Waals surface area contributed by atoms with E-state index in [2.05, 4.69) is 15.6 Å². The SMILES string of the molecule is COCC(=O)Nc1ccc(NCc2nc(C)cs2)cc1. The molecule has 1 heterocycles. The van der Waals surface area contributed by atoms with Crippen LogP contribution in [0, 0.1) is 6.92 Å². The summed E-state index contributed by atoms with van der Waals surface area (Å²) < 4.78 is 4.76. The molecular formula is C14H17N3O2S. The quantitative estimate of drug-likeness (QED) is 0.859. The number of aryl methyl sites for hydroxylation is 1. The van der Waals surface area contributed by atoms with Gasteiger partial charge in [-0.25, -0.2) is 4.98 Å². The van der Waals surface area contributed by atoms with Crippen LogP contribution in [0.1, 0.15) is 10.7 Å². The lowest BCUT2D eigenvalue weighted by atomic mass is 10.2. The molecule has 0 bridgehead atoms. The highest BCUT2D eigenvalue weighted by atomic mass is 32.1. The average molecular weight is 291 g/mol. The predicted octanol–water partition coefficient (Wildman–Crippen LogP) is 2.65. The van der Waals surface area contributed by atoms with E-state index in [0.29, 0.717) is 6.54 Å². The summed E-state index contributed by atoms with van der Waals surface area (Å²) in [7, 11) is 1.49. The second-order valence-electron chi connectivity index (χ2n) is 4.29. The number of rotatable bonds is 6. The lowest BCUT2D eigenvalue weighted by Crippen LogP contribution is -2.16. The lowest BCUT2D eigenvalue weighted by molar-refractivity contribution is -0.119. The van der Waals surface area contributed by atoms with Crippen LogP contribution in [0.25, 0.3) is 0 Å². The molecule has 0 aliphatic carbocycles. The largest absolute Gasteiger partial charge is 0.379 e. The molecule has 0 aliphatic heterocycles. The van der Waals surface area contributed by atoms with Gasteiger partial charge in [0.2, 0.25) is 5.91 Å². The molecule has 0 fully saturated rings. The highest BCUT2D eigenvalue weighted by molar-refractivity contribution is 7.09. The van der Waals surface area contributed by atoms with Gasteiger partial charge in [-0.2, -0.15) is 0 Å². The Kier molecular flexibility index (Phi) is 5.09. The van der Waals surface area contributed by atoms with Gasteiger partial charge in [0, 0.05) is 29.6 Å². The van der Waals surface area contributed by atoms with Gasteiger partial charge in [-0.3, -0.25) is 4.79 Å². The molecule has 2 aromatic rings. The second kappa shape index (κ2) is 7.02. The van der Waals surface area contributed by atoms with Crippen LogP contribution in [0.3, 0.4) is 0 Å². The van der Waals surface area contributed by atoms with Crippen molar-refractivity contribution in [1.82, 2.24) is 4.98 Å². The van der Waals surface area contributed by atoms with E-state index in [1.165, 1.54) is 7.11 Å². The molecule has 0 radical (unpaired) electrons. The Labute approximate surface area is 122 Å². The third kappa shape index (κ3) is 4.32. The number of aromatic nitrogens is 1. The molecule has 20 heavy (non-hydrogen) atoms. The van der Waals surface area contributed by atoms with Crippen LogP contribution < -0.4 is 10.6 Å². The Morgan fingerprint density at radius 3 is 2.60 bits per heavy atom. The molecule has 0 atom stereocenters. The minimum atomic E-state index is -0.161. The fourth-order valence-corrected chi connectivity index (χ4v) is 2.37. The molecule has 0 aliphatic rings. The molecule has 2 rings (SSSR count). The highest BCUT2D eigenvalue weighted by Crippen LogP contribution is 2.16. The van der Waals surface area contributed by atoms with Crippen LogP contribution in [0.15, 0.2) is 29.6 Å². The maximum absolute atomic E-state index is 11.4. The van der Waals surface area contributed by atoms with Gasteiger partial charge < -0.3 is 15.4 Å². The van der Waals surface area contributed by atoms with Gasteiger partial charge in [0.15, 0.2) is 0 Å². The molecule has 2 N–H and O–H groups in total. The van der Waals surface area contributed by atoms with Crippen molar-refractivity contribution >= 4 is 28.6 Å². The molecule has 5 nitrogen and oxygen atoms in total. The Balaban J connectivity index is 1.86. The average Bonchev–Trinajstić information content (AvgIpc) is 2.84. The number of thiazole rings is 1. The van der Waals surface area contributed by atoms with E-state index in [-0.39, 0.29) is 12.5 Å². The topological polar surface area (TPSA) is 63.2 Å². The molecule has 0 spiro atoms. The smallest absolute Gasteiger partial charge is 0.250 e. The second-order valence-corrected chi connectivity index (χ2v) is 5.24. The first-order chi connectivity index (χ1) is 9.67. The zero-order chi connectivity index (χ0) is 14.4. The molecule has 106 valence electrons. The summed E-state index contributed by atoms with van der Waals surface area (Å²) in [6.07, 6.45) is 0. The van der Waals surface area contributed by atoms with Crippen molar-refractivity contribution in [1.29, 1.82) is 0 Å². The van der Waals surface area contributed by atoms with E-state index in [1.54, 1.807) is 11.3 Å². The van der Waals surface area contributed by atoms with E-state index >= 15 is 0 Å². The van der Waals surface area contributed by atoms with Crippen molar-refractivity contribution in [3.05, 3.63) is 40.3 Å². The Morgan fingerprint density at radius 2 is 2.00 bits per heavy atom. The third-order valence-electron chi connectivity index (χ3n) is 2.55. The van der Waals surface area contributed by atoms with Crippen LogP contribution >= 0.6 is 11.3 Å². The van der Waals surface area contributed by atoms with Crippen LogP contribution in [0.4, 0.5) is 11.4 Å². The van der Waals surface area contributed by atoms with Gasteiger partial charge in [-0.05, 0) is 31.2 Å². The Hall–Kier alpha value is -1.92. The monoisotopic (exact) mass is 291 g/mol. The number of carbonyl (C=O) groups excluding carboxylic acids is 1. The summed E-state index contributed by atoms with van der Waals surface area (Å²) in [4.78, 5) is 15.7. The molecular weight excluding hydrogens is 274 g/mol. The van der Waals surface area contributed by atoms with E-state index in [0.717, 1.165) is 22.1 Å². The summed E-state index contributed by atoms with van der Waals surface area (Å²) in [6.45, 7) is 2.74. The zero-order valence-corrected chi connectivity index (χ0v) is 12.3. The minimum absolute atomic E-state index is 0.0589. The van der Waals surface area contributed by atoms with Crippen LogP contribution in [0.5, 0.6) is 0 Å². The van der Waals surface area contributed by atoms with E-state index in [1.807, 2.05) is 36.6 Å². The number of anilines is 2. The van der Waals surface area contributed by atoms with Gasteiger partial charge >= 0.3 is 0 Å². The summed E-state index contributed by atoms with van der Waals surface area (Å²) in [5, 5.41) is 9.12. The van der Waals surface area contributed by atoms with Crippen molar-refractivity contribution in [2.45, 2.75) is 13.5 Å². The van der Waals surface area contributed by atoms with Gasteiger partial charge in [-0.1, -0.05) is 0 Å². The summed E-state index contributed by atoms with van der Waals surface area (Å²) >= 11 is 1.64. The highest BCUT2D eigenvalue weighted by Gasteiger charge is 2.02. The molecule has 1 amide bonds. The molecule has 0 unspecified atom stereocenters. The number of ether oxygens (including phenoxy) is 1. The minimum Gasteiger partial charge on any atom is -0.379 e. The zero-order valence-electron chi connectivity index (χ0n) is 11.5. The van der Waals surface area contributed by atoms with Crippen molar-refractivity contribution in [3.63, 3.8) is 0 Å². The summed E-state index contributed by atoms with van der Waals surface area (Å²) in [6, 6.07) is 7.54. The van der Waals surface area contributed by atoms with E-state index in [4.69, 9.17) is 4.74 Å². The standard InChI is InChI=1S/C14H17N3O2S/c1-10-9-20-14(16-10)7-15-11-3-5-12(6-4-11)17-13(18)8-19-2/h3-6,9,15H,7-8H2,1-2H3,(H,17,18). The number of carbonyl (C=O) groups is 1. The fourth-order valence-electron chi connectivity index (χ4n) is 1.66. The van der Waals surface area contributed by atoms with Crippen LogP contribution in [0.2, 0.25) is 0 Å².